The van der Waals surface area contributed by atoms with Crippen LogP contribution >= 0.6 is 0 Å². The van der Waals surface area contributed by atoms with Gasteiger partial charge in [0.15, 0.2) is 5.82 Å². The molecule has 0 unspecified atom stereocenters. The second-order valence-electron chi connectivity index (χ2n) is 3.94. The molecule has 1 aromatic heterocycles. The van der Waals surface area contributed by atoms with Crippen LogP contribution < -0.4 is 5.32 Å². The number of likely N-dealkylation sites (N-methyl/N-ethyl adjacent to an activating group) is 1. The van der Waals surface area contributed by atoms with Crippen LogP contribution in [0.3, 0.4) is 0 Å². The van der Waals surface area contributed by atoms with E-state index in [1.165, 1.54) is 7.05 Å². The van der Waals surface area contributed by atoms with Crippen LogP contribution in [0.4, 0.5) is 5.82 Å². The van der Waals surface area contributed by atoms with Crippen molar-refractivity contribution in [2.24, 2.45) is 0 Å². The monoisotopic (exact) mass is 275 g/mol. The van der Waals surface area contributed by atoms with Crippen molar-refractivity contribution in [3.8, 4) is 0 Å². The Hall–Kier alpha value is -1.41. The normalized spacial score (nSPS) is 11.8. The number of carbonyl (C=O) groups excluding carboxylic acids is 1. The number of hydrogen-bond donors (Lipinski definition) is 1. The molecule has 1 amide bonds. The fourth-order valence-corrected chi connectivity index (χ4v) is 2.46. The van der Waals surface area contributed by atoms with Crippen LogP contribution in [0.15, 0.2) is 10.6 Å². The number of anilines is 1. The highest BCUT2D eigenvalue weighted by Gasteiger charge is 2.19. The highest BCUT2D eigenvalue weighted by Crippen LogP contribution is 2.07. The molecule has 8 heteroatoms. The molecular weight excluding hydrogens is 258 g/mol. The molecule has 0 radical (unpaired) electrons. The van der Waals surface area contributed by atoms with Crippen molar-refractivity contribution < 1.29 is 17.7 Å². The standard InChI is InChI=1S/C10H17N3O4S/c1-4-5-18(15,16)13(3)7-10(14)11-9-6-8(2)17-12-9/h6H,4-5,7H2,1-3H3,(H,11,12,14). The number of amides is 1. The average Bonchev–Trinajstić information content (AvgIpc) is 2.63. The summed E-state index contributed by atoms with van der Waals surface area (Å²) in [4.78, 5) is 11.6. The van der Waals surface area contributed by atoms with Gasteiger partial charge in [-0.05, 0) is 13.3 Å². The van der Waals surface area contributed by atoms with Gasteiger partial charge in [-0.2, -0.15) is 4.31 Å². The van der Waals surface area contributed by atoms with E-state index in [9.17, 15) is 13.2 Å². The molecule has 0 aliphatic carbocycles. The fourth-order valence-electron chi connectivity index (χ4n) is 1.32. The maximum absolute atomic E-state index is 11.6. The van der Waals surface area contributed by atoms with E-state index in [4.69, 9.17) is 4.52 Å². The summed E-state index contributed by atoms with van der Waals surface area (Å²) in [6.07, 6.45) is 0.511. The van der Waals surface area contributed by atoms with Gasteiger partial charge in [0.05, 0.1) is 12.3 Å². The quantitative estimate of drug-likeness (QED) is 0.820. The van der Waals surface area contributed by atoms with E-state index in [0.29, 0.717) is 12.2 Å². The molecule has 0 saturated heterocycles. The number of hydrogen-bond acceptors (Lipinski definition) is 5. The van der Waals surface area contributed by atoms with Crippen LogP contribution in [0.1, 0.15) is 19.1 Å². The summed E-state index contributed by atoms with van der Waals surface area (Å²) in [6.45, 7) is 3.22. The van der Waals surface area contributed by atoms with Gasteiger partial charge in [-0.1, -0.05) is 12.1 Å². The number of aromatic nitrogens is 1. The van der Waals surface area contributed by atoms with E-state index in [1.807, 2.05) is 0 Å². The smallest absolute Gasteiger partial charge is 0.240 e. The lowest BCUT2D eigenvalue weighted by Crippen LogP contribution is -2.36. The second kappa shape index (κ2) is 5.96. The number of sulfonamides is 1. The molecule has 18 heavy (non-hydrogen) atoms. The first-order chi connectivity index (χ1) is 8.35. The summed E-state index contributed by atoms with van der Waals surface area (Å²) in [7, 11) is -1.99. The molecule has 7 nitrogen and oxygen atoms in total. The topological polar surface area (TPSA) is 92.5 Å². The highest BCUT2D eigenvalue weighted by atomic mass is 32.2. The van der Waals surface area contributed by atoms with Crippen molar-refractivity contribution in [3.63, 3.8) is 0 Å². The van der Waals surface area contributed by atoms with E-state index in [0.717, 1.165) is 4.31 Å². The van der Waals surface area contributed by atoms with Crippen molar-refractivity contribution >= 4 is 21.7 Å². The van der Waals surface area contributed by atoms with Crippen LogP contribution in [-0.4, -0.2) is 43.1 Å². The molecule has 0 spiro atoms. The maximum Gasteiger partial charge on any atom is 0.240 e. The van der Waals surface area contributed by atoms with E-state index in [1.54, 1.807) is 19.9 Å². The zero-order valence-corrected chi connectivity index (χ0v) is 11.5. The lowest BCUT2D eigenvalue weighted by Gasteiger charge is -2.15. The molecular formula is C10H17N3O4S. The molecule has 0 aromatic carbocycles. The first-order valence-electron chi connectivity index (χ1n) is 5.52. The van der Waals surface area contributed by atoms with Gasteiger partial charge < -0.3 is 9.84 Å². The van der Waals surface area contributed by atoms with Gasteiger partial charge in [0.25, 0.3) is 0 Å². The minimum absolute atomic E-state index is 0.0276. The van der Waals surface area contributed by atoms with Crippen molar-refractivity contribution in [2.45, 2.75) is 20.3 Å². The predicted octanol–water partition coefficient (Wildman–Crippen LogP) is 0.593. The number of nitrogens with one attached hydrogen (secondary N) is 1. The Bertz CT molecular complexity index is 509. The molecule has 1 heterocycles. The summed E-state index contributed by atoms with van der Waals surface area (Å²) in [5, 5.41) is 6.04. The Morgan fingerprint density at radius 2 is 2.22 bits per heavy atom. The SMILES string of the molecule is CCCS(=O)(=O)N(C)CC(=O)Nc1cc(C)on1. The number of aryl methyl sites for hydroxylation is 1. The Morgan fingerprint density at radius 3 is 2.72 bits per heavy atom. The van der Waals surface area contributed by atoms with Crippen LogP contribution in [0.5, 0.6) is 0 Å². The summed E-state index contributed by atoms with van der Waals surface area (Å²) < 4.78 is 29.1. The summed E-state index contributed by atoms with van der Waals surface area (Å²) >= 11 is 0. The first-order valence-corrected chi connectivity index (χ1v) is 7.13. The van der Waals surface area contributed by atoms with Gasteiger partial charge in [-0.25, -0.2) is 8.42 Å². The number of rotatable bonds is 6. The molecule has 1 rings (SSSR count). The minimum atomic E-state index is -3.36. The van der Waals surface area contributed by atoms with Crippen molar-refractivity contribution in [3.05, 3.63) is 11.8 Å². The Kier molecular flexibility index (Phi) is 4.85. The third kappa shape index (κ3) is 4.11. The van der Waals surface area contributed by atoms with Crippen molar-refractivity contribution in [1.82, 2.24) is 9.46 Å². The van der Waals surface area contributed by atoms with Gasteiger partial charge in [-0.3, -0.25) is 4.79 Å². The zero-order valence-electron chi connectivity index (χ0n) is 10.6. The van der Waals surface area contributed by atoms with E-state index in [2.05, 4.69) is 10.5 Å². The summed E-state index contributed by atoms with van der Waals surface area (Å²) in [5.41, 5.74) is 0. The fraction of sp³-hybridized carbons (Fsp3) is 0.600. The van der Waals surface area contributed by atoms with Crippen molar-refractivity contribution in [2.75, 3.05) is 24.7 Å². The predicted molar refractivity (Wildman–Crippen MR) is 66.6 cm³/mol. The van der Waals surface area contributed by atoms with Crippen LogP contribution in [-0.2, 0) is 14.8 Å². The minimum Gasteiger partial charge on any atom is -0.360 e. The third-order valence-corrected chi connectivity index (χ3v) is 4.20. The average molecular weight is 275 g/mol. The molecule has 0 bridgehead atoms. The molecule has 0 aliphatic rings. The maximum atomic E-state index is 11.6. The van der Waals surface area contributed by atoms with Gasteiger partial charge in [0, 0.05) is 13.1 Å². The third-order valence-electron chi connectivity index (χ3n) is 2.20. The lowest BCUT2D eigenvalue weighted by molar-refractivity contribution is -0.116. The van der Waals surface area contributed by atoms with Gasteiger partial charge >= 0.3 is 0 Å². The molecule has 102 valence electrons. The molecule has 0 saturated carbocycles. The molecule has 0 atom stereocenters. The summed E-state index contributed by atoms with van der Waals surface area (Å²) in [6, 6.07) is 1.55. The molecule has 0 fully saturated rings. The number of nitrogens with zero attached hydrogens (tertiary/aromatic N) is 2. The van der Waals surface area contributed by atoms with Gasteiger partial charge in [0.2, 0.25) is 15.9 Å². The molecule has 0 aliphatic heterocycles. The highest BCUT2D eigenvalue weighted by molar-refractivity contribution is 7.89. The molecule has 1 N–H and O–H groups in total. The van der Waals surface area contributed by atoms with Crippen LogP contribution in [0.2, 0.25) is 0 Å². The first kappa shape index (κ1) is 14.7. The van der Waals surface area contributed by atoms with Crippen molar-refractivity contribution in [1.29, 1.82) is 0 Å². The van der Waals surface area contributed by atoms with E-state index < -0.39 is 15.9 Å². The zero-order chi connectivity index (χ0) is 13.8. The summed E-state index contributed by atoms with van der Waals surface area (Å²) in [5.74, 6) is 0.418. The van der Waals surface area contributed by atoms with Gasteiger partial charge in [-0.15, -0.1) is 0 Å². The van der Waals surface area contributed by atoms with Crippen LogP contribution in [0.25, 0.3) is 0 Å². The lowest BCUT2D eigenvalue weighted by atomic mass is 10.5. The Balaban J connectivity index is 2.55. The Labute approximate surface area is 106 Å². The van der Waals surface area contributed by atoms with Crippen LogP contribution in [0, 0.1) is 6.92 Å². The van der Waals surface area contributed by atoms with Gasteiger partial charge in [0.1, 0.15) is 5.76 Å². The molecule has 1 aromatic rings. The van der Waals surface area contributed by atoms with E-state index in [-0.39, 0.29) is 18.1 Å². The Morgan fingerprint density at radius 1 is 1.56 bits per heavy atom. The number of carbonyl (C=O) groups is 1. The van der Waals surface area contributed by atoms with E-state index >= 15 is 0 Å². The largest absolute Gasteiger partial charge is 0.360 e. The second-order valence-corrected chi connectivity index (χ2v) is 6.14.